The van der Waals surface area contributed by atoms with Crippen LogP contribution in [0, 0.1) is 11.7 Å². The molecule has 1 heterocycles. The number of amides is 1. The number of ether oxygens (including phenoxy) is 2. The van der Waals surface area contributed by atoms with E-state index in [1.54, 1.807) is 20.8 Å². The Labute approximate surface area is 196 Å². The van der Waals surface area contributed by atoms with Gasteiger partial charge in [-0.1, -0.05) is 32.4 Å². The highest BCUT2D eigenvalue weighted by atomic mass is 19.1. The van der Waals surface area contributed by atoms with E-state index in [9.17, 15) is 18.8 Å². The van der Waals surface area contributed by atoms with Crippen molar-refractivity contribution in [2.45, 2.75) is 52.7 Å². The third-order valence-corrected chi connectivity index (χ3v) is 5.26. The Bertz CT molecular complexity index is 1240. The standard InChI is InChI=1S/C26H28FNO6/c1-6-15(2)22(28-25(31)34-26(3,4)5)24(30)33-18-11-12-19-21(13-18)32-14-20(23(19)29)16-7-9-17(27)10-8-16/h7-15,22H,6H2,1-5H3,(H,28,31)/t15-,22+/m1/s1. The lowest BCUT2D eigenvalue weighted by Gasteiger charge is -2.25. The summed E-state index contributed by atoms with van der Waals surface area (Å²) in [5.41, 5.74) is 0.0281. The molecular weight excluding hydrogens is 441 g/mol. The minimum atomic E-state index is -0.927. The number of fused-ring (bicyclic) bond motifs is 1. The topological polar surface area (TPSA) is 94.8 Å². The molecule has 0 spiro atoms. The first-order valence-electron chi connectivity index (χ1n) is 11.0. The van der Waals surface area contributed by atoms with Gasteiger partial charge < -0.3 is 19.2 Å². The van der Waals surface area contributed by atoms with Gasteiger partial charge in [0, 0.05) is 6.07 Å². The molecule has 1 N–H and O–H groups in total. The molecule has 34 heavy (non-hydrogen) atoms. The maximum Gasteiger partial charge on any atom is 0.408 e. The van der Waals surface area contributed by atoms with Gasteiger partial charge in [-0.05, 0) is 56.5 Å². The molecule has 1 amide bonds. The van der Waals surface area contributed by atoms with E-state index in [1.165, 1.54) is 48.7 Å². The summed E-state index contributed by atoms with van der Waals surface area (Å²) < 4.78 is 29.6. The highest BCUT2D eigenvalue weighted by molar-refractivity contribution is 5.86. The number of rotatable bonds is 6. The summed E-state index contributed by atoms with van der Waals surface area (Å²) in [5, 5.41) is 2.87. The summed E-state index contributed by atoms with van der Waals surface area (Å²) in [6.07, 6.45) is 1.19. The Morgan fingerprint density at radius 3 is 2.41 bits per heavy atom. The third-order valence-electron chi connectivity index (χ3n) is 5.26. The molecule has 180 valence electrons. The van der Waals surface area contributed by atoms with Crippen LogP contribution in [0.3, 0.4) is 0 Å². The van der Waals surface area contributed by atoms with Crippen LogP contribution in [0.2, 0.25) is 0 Å². The van der Waals surface area contributed by atoms with Crippen LogP contribution in [0.15, 0.2) is 57.9 Å². The van der Waals surface area contributed by atoms with Crippen molar-refractivity contribution in [3.8, 4) is 16.9 Å². The van der Waals surface area contributed by atoms with Gasteiger partial charge in [0.15, 0.2) is 5.43 Å². The monoisotopic (exact) mass is 469 g/mol. The number of esters is 1. The van der Waals surface area contributed by atoms with Gasteiger partial charge >= 0.3 is 12.1 Å². The second-order valence-corrected chi connectivity index (χ2v) is 9.07. The second kappa shape index (κ2) is 10.1. The molecule has 3 aromatic rings. The SMILES string of the molecule is CC[C@@H](C)[C@H](NC(=O)OC(C)(C)C)C(=O)Oc1ccc2c(=O)c(-c3ccc(F)cc3)coc2c1. The Hall–Kier alpha value is -3.68. The van der Waals surface area contributed by atoms with Gasteiger partial charge in [0.05, 0.1) is 10.9 Å². The van der Waals surface area contributed by atoms with Gasteiger partial charge in [-0.15, -0.1) is 0 Å². The van der Waals surface area contributed by atoms with Gasteiger partial charge in [-0.3, -0.25) is 4.79 Å². The number of benzene rings is 2. The molecule has 0 aliphatic rings. The lowest BCUT2D eigenvalue weighted by atomic mass is 9.99. The molecule has 1 aromatic heterocycles. The summed E-state index contributed by atoms with van der Waals surface area (Å²) in [5.74, 6) is -1.12. The van der Waals surface area contributed by atoms with E-state index in [-0.39, 0.29) is 33.6 Å². The van der Waals surface area contributed by atoms with Crippen molar-refractivity contribution in [1.29, 1.82) is 0 Å². The van der Waals surface area contributed by atoms with Crippen molar-refractivity contribution in [2.24, 2.45) is 5.92 Å². The van der Waals surface area contributed by atoms with Crippen molar-refractivity contribution >= 4 is 23.0 Å². The quantitative estimate of drug-likeness (QED) is 0.381. The second-order valence-electron chi connectivity index (χ2n) is 9.07. The number of hydrogen-bond acceptors (Lipinski definition) is 6. The Kier molecular flexibility index (Phi) is 7.39. The first-order chi connectivity index (χ1) is 16.0. The Morgan fingerprint density at radius 2 is 1.79 bits per heavy atom. The number of alkyl carbamates (subject to hydrolysis) is 1. The van der Waals surface area contributed by atoms with Gasteiger partial charge in [0.25, 0.3) is 0 Å². The smallest absolute Gasteiger partial charge is 0.408 e. The minimum Gasteiger partial charge on any atom is -0.463 e. The van der Waals surface area contributed by atoms with E-state index in [0.717, 1.165) is 0 Å². The van der Waals surface area contributed by atoms with E-state index >= 15 is 0 Å². The van der Waals surface area contributed by atoms with E-state index in [4.69, 9.17) is 13.9 Å². The molecule has 2 aromatic carbocycles. The zero-order valence-electron chi connectivity index (χ0n) is 19.8. The fourth-order valence-electron chi connectivity index (χ4n) is 3.28. The average molecular weight is 470 g/mol. The van der Waals surface area contributed by atoms with Crippen molar-refractivity contribution in [1.82, 2.24) is 5.32 Å². The number of carbonyl (C=O) groups is 2. The largest absolute Gasteiger partial charge is 0.463 e. The van der Waals surface area contributed by atoms with Crippen LogP contribution in [0.25, 0.3) is 22.1 Å². The Balaban J connectivity index is 1.83. The lowest BCUT2D eigenvalue weighted by Crippen LogP contribution is -2.48. The van der Waals surface area contributed by atoms with E-state index in [2.05, 4.69) is 5.32 Å². The molecule has 7 nitrogen and oxygen atoms in total. The lowest BCUT2D eigenvalue weighted by molar-refractivity contribution is -0.138. The van der Waals surface area contributed by atoms with Gasteiger partial charge in [0.1, 0.15) is 35.1 Å². The van der Waals surface area contributed by atoms with Crippen molar-refractivity contribution in [2.75, 3.05) is 0 Å². The predicted molar refractivity (Wildman–Crippen MR) is 126 cm³/mol. The van der Waals surface area contributed by atoms with Gasteiger partial charge in [0.2, 0.25) is 0 Å². The first-order valence-corrected chi connectivity index (χ1v) is 11.0. The van der Waals surface area contributed by atoms with Crippen LogP contribution < -0.4 is 15.5 Å². The molecule has 0 saturated heterocycles. The molecule has 0 saturated carbocycles. The molecule has 2 atom stereocenters. The molecule has 0 radical (unpaired) electrons. The zero-order valence-corrected chi connectivity index (χ0v) is 19.8. The van der Waals surface area contributed by atoms with Crippen LogP contribution in [-0.4, -0.2) is 23.7 Å². The van der Waals surface area contributed by atoms with Crippen molar-refractivity contribution in [3.63, 3.8) is 0 Å². The normalized spacial score (nSPS) is 13.2. The molecule has 8 heteroatoms. The summed E-state index contributed by atoms with van der Waals surface area (Å²) in [7, 11) is 0. The number of carbonyl (C=O) groups excluding carboxylic acids is 2. The molecule has 0 aliphatic heterocycles. The number of halogens is 1. The molecule has 0 fully saturated rings. The van der Waals surface area contributed by atoms with Gasteiger partial charge in [-0.2, -0.15) is 0 Å². The van der Waals surface area contributed by atoms with Crippen LogP contribution in [-0.2, 0) is 9.53 Å². The molecule has 0 aliphatic carbocycles. The fraction of sp³-hybridized carbons (Fsp3) is 0.346. The number of nitrogens with one attached hydrogen (secondary N) is 1. The van der Waals surface area contributed by atoms with E-state index in [1.807, 2.05) is 13.8 Å². The molecular formula is C26H28FNO6. The fourth-order valence-corrected chi connectivity index (χ4v) is 3.28. The van der Waals surface area contributed by atoms with Crippen LogP contribution in [0.4, 0.5) is 9.18 Å². The van der Waals surface area contributed by atoms with Crippen molar-refractivity contribution < 1.29 is 27.9 Å². The molecule has 0 bridgehead atoms. The van der Waals surface area contributed by atoms with Crippen LogP contribution >= 0.6 is 0 Å². The zero-order chi connectivity index (χ0) is 25.0. The Morgan fingerprint density at radius 1 is 1.12 bits per heavy atom. The highest BCUT2D eigenvalue weighted by Crippen LogP contribution is 2.24. The van der Waals surface area contributed by atoms with Gasteiger partial charge in [-0.25, -0.2) is 14.0 Å². The summed E-state index contributed by atoms with van der Waals surface area (Å²) in [4.78, 5) is 38.0. The van der Waals surface area contributed by atoms with Crippen LogP contribution in [0.5, 0.6) is 5.75 Å². The first kappa shape index (κ1) is 25.0. The maximum atomic E-state index is 13.2. The molecule has 0 unspecified atom stereocenters. The highest BCUT2D eigenvalue weighted by Gasteiger charge is 2.30. The molecule has 3 rings (SSSR count). The summed E-state index contributed by atoms with van der Waals surface area (Å²) >= 11 is 0. The summed E-state index contributed by atoms with van der Waals surface area (Å²) in [6, 6.07) is 9.00. The predicted octanol–water partition coefficient (Wildman–Crippen LogP) is 5.44. The van der Waals surface area contributed by atoms with E-state index < -0.39 is 29.5 Å². The van der Waals surface area contributed by atoms with Crippen molar-refractivity contribution in [3.05, 3.63) is 64.8 Å². The average Bonchev–Trinajstić information content (AvgIpc) is 2.76. The summed E-state index contributed by atoms with van der Waals surface area (Å²) in [6.45, 7) is 8.90. The minimum absolute atomic E-state index is 0.162. The maximum absolute atomic E-state index is 13.2. The van der Waals surface area contributed by atoms with Crippen LogP contribution in [0.1, 0.15) is 41.0 Å². The third kappa shape index (κ3) is 6.01. The van der Waals surface area contributed by atoms with E-state index in [0.29, 0.717) is 12.0 Å². The number of hydrogen-bond donors (Lipinski definition) is 1.